The summed E-state index contributed by atoms with van der Waals surface area (Å²) in [6, 6.07) is 13.2. The van der Waals surface area contributed by atoms with Gasteiger partial charge in [0.2, 0.25) is 5.91 Å². The highest BCUT2D eigenvalue weighted by atomic mass is 35.5. The Hall–Kier alpha value is -3.19. The second-order valence-corrected chi connectivity index (χ2v) is 6.55. The second-order valence-electron chi connectivity index (χ2n) is 6.19. The summed E-state index contributed by atoms with van der Waals surface area (Å²) in [5.74, 6) is -0.563. The average molecular weight is 398 g/mol. The standard InChI is InChI=1S/C20H20ClN5O2/c1-14-18(19(21)26(25-14)13-15-6-3-2-4-7-15)20(28)23-11-9-17(27)24-16-8-5-10-22-12-16/h2-8,10,12H,9,11,13H2,1H3,(H,23,28)(H,24,27). The Kier molecular flexibility index (Phi) is 6.39. The van der Waals surface area contributed by atoms with Crippen molar-refractivity contribution < 1.29 is 9.59 Å². The summed E-state index contributed by atoms with van der Waals surface area (Å²) in [5.41, 5.74) is 2.51. The minimum Gasteiger partial charge on any atom is -0.351 e. The Labute approximate surface area is 167 Å². The number of nitrogens with one attached hydrogen (secondary N) is 2. The van der Waals surface area contributed by atoms with Crippen molar-refractivity contribution in [3.05, 3.63) is 76.8 Å². The number of aryl methyl sites for hydroxylation is 1. The number of nitrogens with zero attached hydrogens (tertiary/aromatic N) is 3. The van der Waals surface area contributed by atoms with Gasteiger partial charge >= 0.3 is 0 Å². The van der Waals surface area contributed by atoms with E-state index in [1.54, 1.807) is 36.1 Å². The van der Waals surface area contributed by atoms with Gasteiger partial charge < -0.3 is 10.6 Å². The van der Waals surface area contributed by atoms with Crippen molar-refractivity contribution in [3.63, 3.8) is 0 Å². The number of carbonyl (C=O) groups is 2. The number of amides is 2. The van der Waals surface area contributed by atoms with Crippen molar-refractivity contribution in [2.24, 2.45) is 0 Å². The Bertz CT molecular complexity index is 957. The fourth-order valence-electron chi connectivity index (χ4n) is 2.71. The van der Waals surface area contributed by atoms with Crippen LogP contribution < -0.4 is 10.6 Å². The molecule has 2 N–H and O–H groups in total. The summed E-state index contributed by atoms with van der Waals surface area (Å²) < 4.78 is 1.59. The fourth-order valence-corrected chi connectivity index (χ4v) is 3.03. The Morgan fingerprint density at radius 2 is 1.93 bits per heavy atom. The molecule has 0 aliphatic heterocycles. The van der Waals surface area contributed by atoms with Crippen LogP contribution in [0.5, 0.6) is 0 Å². The first kappa shape index (κ1) is 19.6. The normalized spacial score (nSPS) is 10.5. The molecule has 0 radical (unpaired) electrons. The predicted octanol–water partition coefficient (Wildman–Crippen LogP) is 3.05. The van der Waals surface area contributed by atoms with Crippen molar-refractivity contribution in [2.45, 2.75) is 19.9 Å². The van der Waals surface area contributed by atoms with Crippen molar-refractivity contribution in [2.75, 3.05) is 11.9 Å². The zero-order chi connectivity index (χ0) is 19.9. The first-order valence-electron chi connectivity index (χ1n) is 8.79. The van der Waals surface area contributed by atoms with Gasteiger partial charge in [-0.2, -0.15) is 5.10 Å². The van der Waals surface area contributed by atoms with E-state index in [-0.39, 0.29) is 29.9 Å². The van der Waals surface area contributed by atoms with Crippen molar-refractivity contribution >= 4 is 29.1 Å². The van der Waals surface area contributed by atoms with E-state index in [2.05, 4.69) is 20.7 Å². The quantitative estimate of drug-likeness (QED) is 0.641. The average Bonchev–Trinajstić information content (AvgIpc) is 2.96. The smallest absolute Gasteiger partial charge is 0.256 e. The third-order valence-electron chi connectivity index (χ3n) is 4.05. The largest absolute Gasteiger partial charge is 0.351 e. The number of hydrogen-bond donors (Lipinski definition) is 2. The van der Waals surface area contributed by atoms with Gasteiger partial charge in [-0.25, -0.2) is 4.68 Å². The lowest BCUT2D eigenvalue weighted by Crippen LogP contribution is -2.28. The molecule has 0 aliphatic carbocycles. The van der Waals surface area contributed by atoms with Crippen molar-refractivity contribution in [1.29, 1.82) is 0 Å². The number of benzene rings is 1. The van der Waals surface area contributed by atoms with Crippen LogP contribution in [0.2, 0.25) is 5.15 Å². The van der Waals surface area contributed by atoms with Crippen LogP contribution in [-0.2, 0) is 11.3 Å². The maximum absolute atomic E-state index is 12.5. The van der Waals surface area contributed by atoms with Crippen LogP contribution in [-0.4, -0.2) is 33.1 Å². The Morgan fingerprint density at radius 1 is 1.14 bits per heavy atom. The number of rotatable bonds is 7. The monoisotopic (exact) mass is 397 g/mol. The zero-order valence-electron chi connectivity index (χ0n) is 15.4. The molecular weight excluding hydrogens is 378 g/mol. The van der Waals surface area contributed by atoms with Gasteiger partial charge in [-0.1, -0.05) is 41.9 Å². The molecule has 0 atom stereocenters. The molecule has 0 saturated carbocycles. The van der Waals surface area contributed by atoms with Gasteiger partial charge in [0.05, 0.1) is 29.7 Å². The molecule has 1 aromatic carbocycles. The molecule has 28 heavy (non-hydrogen) atoms. The molecule has 0 spiro atoms. The Balaban J connectivity index is 1.56. The summed E-state index contributed by atoms with van der Waals surface area (Å²) in [7, 11) is 0. The molecule has 0 saturated heterocycles. The highest BCUT2D eigenvalue weighted by molar-refractivity contribution is 6.33. The molecule has 3 rings (SSSR count). The van der Waals surface area contributed by atoms with Gasteiger partial charge in [0.15, 0.2) is 0 Å². The SMILES string of the molecule is Cc1nn(Cc2ccccc2)c(Cl)c1C(=O)NCCC(=O)Nc1cccnc1. The van der Waals surface area contributed by atoms with Crippen LogP contribution >= 0.6 is 11.6 Å². The van der Waals surface area contributed by atoms with Crippen molar-refractivity contribution in [3.8, 4) is 0 Å². The van der Waals surface area contributed by atoms with E-state index < -0.39 is 0 Å². The fraction of sp³-hybridized carbons (Fsp3) is 0.200. The van der Waals surface area contributed by atoms with E-state index in [9.17, 15) is 9.59 Å². The Morgan fingerprint density at radius 3 is 2.64 bits per heavy atom. The first-order valence-corrected chi connectivity index (χ1v) is 9.17. The van der Waals surface area contributed by atoms with Gasteiger partial charge in [-0.05, 0) is 24.6 Å². The lowest BCUT2D eigenvalue weighted by molar-refractivity contribution is -0.116. The number of hydrogen-bond acceptors (Lipinski definition) is 4. The number of pyridine rings is 1. The van der Waals surface area contributed by atoms with E-state index in [1.165, 1.54) is 0 Å². The minimum atomic E-state index is -0.351. The molecule has 2 heterocycles. The van der Waals surface area contributed by atoms with Crippen LogP contribution in [0.4, 0.5) is 5.69 Å². The summed E-state index contributed by atoms with van der Waals surface area (Å²) in [4.78, 5) is 28.4. The molecular formula is C20H20ClN5O2. The van der Waals surface area contributed by atoms with Crippen LogP contribution in [0.1, 0.15) is 28.0 Å². The van der Waals surface area contributed by atoms with Gasteiger partial charge in [-0.3, -0.25) is 14.6 Å². The first-order chi connectivity index (χ1) is 13.5. The summed E-state index contributed by atoms with van der Waals surface area (Å²) in [6.07, 6.45) is 3.32. The van der Waals surface area contributed by atoms with E-state index in [0.717, 1.165) is 5.56 Å². The van der Waals surface area contributed by atoms with E-state index in [1.807, 2.05) is 30.3 Å². The molecule has 8 heteroatoms. The summed E-state index contributed by atoms with van der Waals surface area (Å²) in [6.45, 7) is 2.39. The molecule has 3 aromatic rings. The molecule has 0 aliphatic rings. The van der Waals surface area contributed by atoms with Gasteiger partial charge in [0.1, 0.15) is 5.15 Å². The maximum Gasteiger partial charge on any atom is 0.256 e. The number of anilines is 1. The lowest BCUT2D eigenvalue weighted by atomic mass is 10.2. The summed E-state index contributed by atoms with van der Waals surface area (Å²) >= 11 is 6.38. The maximum atomic E-state index is 12.5. The third kappa shape index (κ3) is 4.95. The topological polar surface area (TPSA) is 88.9 Å². The molecule has 7 nitrogen and oxygen atoms in total. The number of aromatic nitrogens is 3. The molecule has 2 aromatic heterocycles. The van der Waals surface area contributed by atoms with Gasteiger partial charge in [-0.15, -0.1) is 0 Å². The van der Waals surface area contributed by atoms with Crippen LogP contribution in [0.25, 0.3) is 0 Å². The molecule has 2 amide bonds. The van der Waals surface area contributed by atoms with E-state index >= 15 is 0 Å². The van der Waals surface area contributed by atoms with Gasteiger partial charge in [0.25, 0.3) is 5.91 Å². The highest BCUT2D eigenvalue weighted by Gasteiger charge is 2.20. The molecule has 0 bridgehead atoms. The van der Waals surface area contributed by atoms with E-state index in [0.29, 0.717) is 23.5 Å². The molecule has 0 unspecified atom stereocenters. The van der Waals surface area contributed by atoms with E-state index in [4.69, 9.17) is 11.6 Å². The zero-order valence-corrected chi connectivity index (χ0v) is 16.1. The minimum absolute atomic E-state index is 0.134. The molecule has 0 fully saturated rings. The lowest BCUT2D eigenvalue weighted by Gasteiger charge is -2.07. The third-order valence-corrected chi connectivity index (χ3v) is 4.43. The van der Waals surface area contributed by atoms with Crippen molar-refractivity contribution in [1.82, 2.24) is 20.1 Å². The van der Waals surface area contributed by atoms with Crippen LogP contribution in [0.3, 0.4) is 0 Å². The predicted molar refractivity (Wildman–Crippen MR) is 107 cm³/mol. The second kappa shape index (κ2) is 9.14. The highest BCUT2D eigenvalue weighted by Crippen LogP contribution is 2.20. The van der Waals surface area contributed by atoms with Crippen LogP contribution in [0, 0.1) is 6.92 Å². The summed E-state index contributed by atoms with van der Waals surface area (Å²) in [5, 5.41) is 10.1. The van der Waals surface area contributed by atoms with Gasteiger partial charge in [0, 0.05) is 19.2 Å². The molecule has 144 valence electrons. The number of carbonyl (C=O) groups excluding carboxylic acids is 2. The number of halogens is 1. The van der Waals surface area contributed by atoms with Crippen LogP contribution in [0.15, 0.2) is 54.9 Å².